The van der Waals surface area contributed by atoms with Gasteiger partial charge in [-0.25, -0.2) is 0 Å². The first-order valence-corrected chi connectivity index (χ1v) is 7.62. The molecule has 1 saturated carbocycles. The summed E-state index contributed by atoms with van der Waals surface area (Å²) < 4.78 is 46.0. The van der Waals surface area contributed by atoms with Gasteiger partial charge in [-0.05, 0) is 49.3 Å². The van der Waals surface area contributed by atoms with Crippen molar-refractivity contribution in [2.24, 2.45) is 5.41 Å². The Hall–Kier alpha value is -1.76. The fourth-order valence-electron chi connectivity index (χ4n) is 3.37. The Morgan fingerprint density at radius 3 is 2.61 bits per heavy atom. The molecule has 1 saturated heterocycles. The SMILES string of the molecule is O=C(NC1CCC12CCOCC2)c1cccc(OC(F)(F)F)c1. The highest BCUT2D eigenvalue weighted by molar-refractivity contribution is 5.94. The zero-order valence-electron chi connectivity index (χ0n) is 12.5. The number of hydrogen-bond acceptors (Lipinski definition) is 3. The lowest BCUT2D eigenvalue weighted by Crippen LogP contribution is -2.57. The van der Waals surface area contributed by atoms with E-state index in [1.54, 1.807) is 0 Å². The third kappa shape index (κ3) is 3.60. The van der Waals surface area contributed by atoms with Gasteiger partial charge in [-0.3, -0.25) is 4.79 Å². The molecule has 1 aromatic carbocycles. The first-order chi connectivity index (χ1) is 10.9. The Morgan fingerprint density at radius 2 is 2.00 bits per heavy atom. The molecule has 0 radical (unpaired) electrons. The van der Waals surface area contributed by atoms with E-state index in [1.807, 2.05) is 0 Å². The van der Waals surface area contributed by atoms with E-state index in [2.05, 4.69) is 10.1 Å². The van der Waals surface area contributed by atoms with Crippen molar-refractivity contribution < 1.29 is 27.4 Å². The first kappa shape index (κ1) is 16.1. The van der Waals surface area contributed by atoms with Crippen molar-refractivity contribution >= 4 is 5.91 Å². The third-order valence-corrected chi connectivity index (χ3v) is 4.79. The van der Waals surface area contributed by atoms with Crippen LogP contribution in [0, 0.1) is 5.41 Å². The molecule has 1 N–H and O–H groups in total. The summed E-state index contributed by atoms with van der Waals surface area (Å²) in [7, 11) is 0. The van der Waals surface area contributed by atoms with Crippen LogP contribution in [0.2, 0.25) is 0 Å². The second-order valence-electron chi connectivity index (χ2n) is 6.12. The van der Waals surface area contributed by atoms with Crippen molar-refractivity contribution in [1.82, 2.24) is 5.32 Å². The molecule has 0 aromatic heterocycles. The summed E-state index contributed by atoms with van der Waals surface area (Å²) >= 11 is 0. The number of alkyl halides is 3. The molecule has 1 aliphatic carbocycles. The number of benzene rings is 1. The molecule has 1 aliphatic heterocycles. The number of carbonyl (C=O) groups excluding carboxylic acids is 1. The molecule has 2 aliphatic rings. The van der Waals surface area contributed by atoms with E-state index in [-0.39, 0.29) is 28.7 Å². The Kier molecular flexibility index (Phi) is 4.23. The molecule has 126 valence electrons. The monoisotopic (exact) mass is 329 g/mol. The van der Waals surface area contributed by atoms with Gasteiger partial charge in [-0.15, -0.1) is 13.2 Å². The van der Waals surface area contributed by atoms with Gasteiger partial charge in [0.05, 0.1) is 0 Å². The Balaban J connectivity index is 1.65. The van der Waals surface area contributed by atoms with E-state index in [1.165, 1.54) is 18.2 Å². The zero-order chi connectivity index (χ0) is 16.5. The molecule has 1 aromatic rings. The molecule has 1 spiro atoms. The normalized spacial score (nSPS) is 23.2. The van der Waals surface area contributed by atoms with Crippen LogP contribution >= 0.6 is 0 Å². The highest BCUT2D eigenvalue weighted by Crippen LogP contribution is 2.48. The highest BCUT2D eigenvalue weighted by Gasteiger charge is 2.48. The molecular formula is C16H18F3NO3. The van der Waals surface area contributed by atoms with Gasteiger partial charge in [0.2, 0.25) is 0 Å². The maximum atomic E-state index is 12.3. The molecule has 2 fully saturated rings. The van der Waals surface area contributed by atoms with Crippen LogP contribution in [0.15, 0.2) is 24.3 Å². The molecule has 4 nitrogen and oxygen atoms in total. The summed E-state index contributed by atoms with van der Waals surface area (Å²) in [4.78, 5) is 12.3. The van der Waals surface area contributed by atoms with Gasteiger partial charge in [-0.1, -0.05) is 6.07 Å². The number of amides is 1. The summed E-state index contributed by atoms with van der Waals surface area (Å²) in [6, 6.07) is 5.20. The largest absolute Gasteiger partial charge is 0.573 e. The topological polar surface area (TPSA) is 47.6 Å². The fraction of sp³-hybridized carbons (Fsp3) is 0.562. The summed E-state index contributed by atoms with van der Waals surface area (Å²) in [5.41, 5.74) is 0.259. The van der Waals surface area contributed by atoms with Crippen LogP contribution in [0.3, 0.4) is 0 Å². The van der Waals surface area contributed by atoms with Crippen molar-refractivity contribution in [1.29, 1.82) is 0 Å². The predicted molar refractivity (Wildman–Crippen MR) is 76.1 cm³/mol. The Bertz CT molecular complexity index is 582. The number of rotatable bonds is 3. The van der Waals surface area contributed by atoms with Crippen molar-refractivity contribution in [3.63, 3.8) is 0 Å². The second kappa shape index (κ2) is 6.03. The van der Waals surface area contributed by atoms with Crippen LogP contribution in [-0.2, 0) is 4.74 Å². The third-order valence-electron chi connectivity index (χ3n) is 4.79. The second-order valence-corrected chi connectivity index (χ2v) is 6.12. The molecule has 3 rings (SSSR count). The molecule has 1 heterocycles. The van der Waals surface area contributed by atoms with Crippen molar-refractivity contribution in [3.8, 4) is 5.75 Å². The smallest absolute Gasteiger partial charge is 0.406 e. The van der Waals surface area contributed by atoms with Crippen LogP contribution < -0.4 is 10.1 Å². The maximum absolute atomic E-state index is 12.3. The lowest BCUT2D eigenvalue weighted by Gasteiger charge is -2.52. The van der Waals surface area contributed by atoms with Crippen LogP contribution in [-0.4, -0.2) is 31.5 Å². The van der Waals surface area contributed by atoms with Gasteiger partial charge in [0.1, 0.15) is 5.75 Å². The molecule has 1 unspecified atom stereocenters. The number of carbonyl (C=O) groups is 1. The lowest BCUT2D eigenvalue weighted by molar-refractivity contribution is -0.274. The van der Waals surface area contributed by atoms with Gasteiger partial charge in [0.25, 0.3) is 5.91 Å². The number of nitrogens with one attached hydrogen (secondary N) is 1. The summed E-state index contributed by atoms with van der Waals surface area (Å²) in [6.07, 6.45) is -0.997. The van der Waals surface area contributed by atoms with E-state index in [0.29, 0.717) is 13.2 Å². The fourth-order valence-corrected chi connectivity index (χ4v) is 3.37. The standard InChI is InChI=1S/C16H18F3NO3/c17-16(18,19)23-12-3-1-2-11(10-12)14(21)20-13-4-5-15(13)6-8-22-9-7-15/h1-3,10,13H,4-9H2,(H,20,21). The average molecular weight is 329 g/mol. The van der Waals surface area contributed by atoms with Crippen molar-refractivity contribution in [2.45, 2.75) is 38.1 Å². The van der Waals surface area contributed by atoms with Crippen molar-refractivity contribution in [3.05, 3.63) is 29.8 Å². The van der Waals surface area contributed by atoms with Crippen LogP contribution in [0.4, 0.5) is 13.2 Å². The maximum Gasteiger partial charge on any atom is 0.573 e. The summed E-state index contributed by atoms with van der Waals surface area (Å²) in [5.74, 6) is -0.757. The molecule has 23 heavy (non-hydrogen) atoms. The van der Waals surface area contributed by atoms with Gasteiger partial charge in [-0.2, -0.15) is 0 Å². The van der Waals surface area contributed by atoms with Gasteiger partial charge >= 0.3 is 6.36 Å². The molecular weight excluding hydrogens is 311 g/mol. The Morgan fingerprint density at radius 1 is 1.26 bits per heavy atom. The number of ether oxygens (including phenoxy) is 2. The van der Waals surface area contributed by atoms with Gasteiger partial charge in [0.15, 0.2) is 0 Å². The number of hydrogen-bond donors (Lipinski definition) is 1. The van der Waals surface area contributed by atoms with Crippen LogP contribution in [0.5, 0.6) is 5.75 Å². The van der Waals surface area contributed by atoms with E-state index in [4.69, 9.17) is 4.74 Å². The summed E-state index contributed by atoms with van der Waals surface area (Å²) in [6.45, 7) is 1.39. The van der Waals surface area contributed by atoms with E-state index < -0.39 is 6.36 Å². The first-order valence-electron chi connectivity index (χ1n) is 7.62. The minimum atomic E-state index is -4.77. The van der Waals surface area contributed by atoms with Crippen LogP contribution in [0.1, 0.15) is 36.0 Å². The molecule has 0 bridgehead atoms. The minimum Gasteiger partial charge on any atom is -0.406 e. The Labute approximate surface area is 132 Å². The zero-order valence-corrected chi connectivity index (χ0v) is 12.5. The molecule has 7 heteroatoms. The van der Waals surface area contributed by atoms with Gasteiger partial charge in [0, 0.05) is 24.8 Å². The lowest BCUT2D eigenvalue weighted by atomic mass is 9.60. The quantitative estimate of drug-likeness (QED) is 0.926. The van der Waals surface area contributed by atoms with E-state index >= 15 is 0 Å². The average Bonchev–Trinajstić information content (AvgIpc) is 2.51. The van der Waals surface area contributed by atoms with Crippen LogP contribution in [0.25, 0.3) is 0 Å². The predicted octanol–water partition coefficient (Wildman–Crippen LogP) is 3.27. The van der Waals surface area contributed by atoms with E-state index in [0.717, 1.165) is 31.7 Å². The van der Waals surface area contributed by atoms with Gasteiger partial charge < -0.3 is 14.8 Å². The summed E-state index contributed by atoms with van der Waals surface area (Å²) in [5, 5.41) is 2.95. The van der Waals surface area contributed by atoms with Crippen molar-refractivity contribution in [2.75, 3.05) is 13.2 Å². The minimum absolute atomic E-state index is 0.0612. The molecule has 1 amide bonds. The van der Waals surface area contributed by atoms with E-state index in [9.17, 15) is 18.0 Å². The highest BCUT2D eigenvalue weighted by atomic mass is 19.4. The molecule has 1 atom stereocenters. The number of halogens is 3.